The molecular weight excluding hydrogens is 447 g/mol. The Morgan fingerprint density at radius 3 is 2.81 bits per heavy atom. The van der Waals surface area contributed by atoms with Crippen molar-refractivity contribution >= 4 is 32.6 Å². The fraction of sp³-hybridized carbons (Fsp3) is 0.286. The topological polar surface area (TPSA) is 81.6 Å². The molecule has 0 spiro atoms. The summed E-state index contributed by atoms with van der Waals surface area (Å²) in [5.41, 5.74) is -1.05. The van der Waals surface area contributed by atoms with Crippen LogP contribution in [0.1, 0.15) is 28.9 Å². The number of carbonyl (C=O) groups excluding carboxylic acids is 1. The van der Waals surface area contributed by atoms with Crippen LogP contribution in [0, 0.1) is 0 Å². The van der Waals surface area contributed by atoms with E-state index in [9.17, 15) is 18.0 Å². The van der Waals surface area contributed by atoms with Crippen molar-refractivity contribution in [2.45, 2.75) is 25.1 Å². The summed E-state index contributed by atoms with van der Waals surface area (Å²) in [5, 5.41) is 3.97. The van der Waals surface area contributed by atoms with E-state index in [1.807, 2.05) is 0 Å². The lowest BCUT2D eigenvalue weighted by Gasteiger charge is -2.22. The number of carbonyl (C=O) groups is 1. The van der Waals surface area contributed by atoms with Gasteiger partial charge in [0.2, 0.25) is 5.76 Å². The Labute approximate surface area is 183 Å². The molecule has 0 radical (unpaired) electrons. The largest absolute Gasteiger partial charge is 0.461 e. The minimum Gasteiger partial charge on any atom is -0.461 e. The van der Waals surface area contributed by atoms with Gasteiger partial charge in [-0.2, -0.15) is 13.2 Å². The maximum atomic E-state index is 13.4. The fourth-order valence-corrected chi connectivity index (χ4v) is 4.57. The van der Waals surface area contributed by atoms with E-state index in [1.165, 1.54) is 23.3 Å². The van der Waals surface area contributed by atoms with Gasteiger partial charge in [0.05, 0.1) is 34.7 Å². The zero-order valence-electron chi connectivity index (χ0n) is 16.5. The summed E-state index contributed by atoms with van der Waals surface area (Å²) < 4.78 is 56.8. The molecule has 1 saturated heterocycles. The van der Waals surface area contributed by atoms with Gasteiger partial charge in [-0.25, -0.2) is 4.98 Å². The summed E-state index contributed by atoms with van der Waals surface area (Å²) in [5.74, 6) is 0.116. The number of benzene rings is 1. The predicted molar refractivity (Wildman–Crippen MR) is 109 cm³/mol. The van der Waals surface area contributed by atoms with Gasteiger partial charge in [0.1, 0.15) is 0 Å². The van der Waals surface area contributed by atoms with Crippen molar-refractivity contribution in [3.63, 3.8) is 0 Å². The van der Waals surface area contributed by atoms with E-state index in [-0.39, 0.29) is 34.8 Å². The van der Waals surface area contributed by atoms with Gasteiger partial charge in [0.15, 0.2) is 16.6 Å². The summed E-state index contributed by atoms with van der Waals surface area (Å²) in [7, 11) is 0. The van der Waals surface area contributed by atoms with Crippen LogP contribution in [0.15, 0.2) is 51.6 Å². The second kappa shape index (κ2) is 8.06. The molecule has 0 aliphatic carbocycles. The average molecular weight is 463 g/mol. The molecule has 1 aromatic carbocycles. The minimum atomic E-state index is -4.56. The minimum absolute atomic E-state index is 0.00954. The Kier molecular flexibility index (Phi) is 5.22. The lowest BCUT2D eigenvalue weighted by atomic mass is 10.2. The molecule has 1 fully saturated rings. The van der Waals surface area contributed by atoms with Crippen LogP contribution in [-0.4, -0.2) is 35.3 Å². The first-order valence-electron chi connectivity index (χ1n) is 9.81. The first-order valence-corrected chi connectivity index (χ1v) is 10.6. The molecule has 0 N–H and O–H groups in total. The molecule has 1 amide bonds. The molecular formula is C21H16F3N3O4S. The van der Waals surface area contributed by atoms with Gasteiger partial charge in [0, 0.05) is 12.7 Å². The number of alkyl halides is 3. The lowest BCUT2D eigenvalue weighted by Crippen LogP contribution is -2.37. The molecule has 4 aromatic rings. The molecule has 4 heterocycles. The third-order valence-corrected chi connectivity index (χ3v) is 6.14. The van der Waals surface area contributed by atoms with E-state index < -0.39 is 17.6 Å². The van der Waals surface area contributed by atoms with E-state index in [2.05, 4.69) is 10.1 Å². The Balaban J connectivity index is 1.53. The molecule has 1 atom stereocenters. The van der Waals surface area contributed by atoms with Crippen LogP contribution < -0.4 is 4.90 Å². The number of aromatic nitrogens is 2. The first kappa shape index (κ1) is 20.7. The number of hydrogen-bond donors (Lipinski definition) is 0. The normalized spacial score (nSPS) is 16.7. The molecule has 0 unspecified atom stereocenters. The predicted octanol–water partition coefficient (Wildman–Crippen LogP) is 5.39. The quantitative estimate of drug-likeness (QED) is 0.395. The van der Waals surface area contributed by atoms with Crippen molar-refractivity contribution in [1.29, 1.82) is 0 Å². The standard InChI is InChI=1S/C21H16F3N3O4S/c22-21(23,24)13-5-1-7-17-18(13)25-20(32-17)27(11-12-4-2-8-29-12)19(28)14-10-16(31-26-14)15-6-3-9-30-15/h1,3,5-7,9-10,12H,2,4,8,11H2/t12-/m1/s1. The Hall–Kier alpha value is -3.18. The van der Waals surface area contributed by atoms with Crippen molar-refractivity contribution in [2.24, 2.45) is 0 Å². The highest BCUT2D eigenvalue weighted by Crippen LogP contribution is 2.39. The van der Waals surface area contributed by atoms with E-state index in [0.717, 1.165) is 30.2 Å². The monoisotopic (exact) mass is 463 g/mol. The van der Waals surface area contributed by atoms with Gasteiger partial charge >= 0.3 is 6.18 Å². The van der Waals surface area contributed by atoms with Gasteiger partial charge < -0.3 is 13.7 Å². The van der Waals surface area contributed by atoms with Crippen LogP contribution >= 0.6 is 11.3 Å². The zero-order chi connectivity index (χ0) is 22.3. The summed E-state index contributed by atoms with van der Waals surface area (Å²) in [6.45, 7) is 0.709. The molecule has 5 rings (SSSR count). The van der Waals surface area contributed by atoms with Gasteiger partial charge in [0.25, 0.3) is 5.91 Å². The lowest BCUT2D eigenvalue weighted by molar-refractivity contribution is -0.136. The van der Waals surface area contributed by atoms with Crippen LogP contribution in [0.3, 0.4) is 0 Å². The van der Waals surface area contributed by atoms with Crippen molar-refractivity contribution < 1.29 is 31.6 Å². The third-order valence-electron chi connectivity index (χ3n) is 5.09. The molecule has 32 heavy (non-hydrogen) atoms. The molecule has 3 aromatic heterocycles. The van der Waals surface area contributed by atoms with Crippen molar-refractivity contribution in [1.82, 2.24) is 10.1 Å². The third kappa shape index (κ3) is 3.89. The van der Waals surface area contributed by atoms with E-state index in [4.69, 9.17) is 13.7 Å². The molecule has 0 bridgehead atoms. The maximum Gasteiger partial charge on any atom is 0.418 e. The van der Waals surface area contributed by atoms with Gasteiger partial charge in [-0.1, -0.05) is 22.6 Å². The molecule has 1 aliphatic heterocycles. The smallest absolute Gasteiger partial charge is 0.418 e. The summed E-state index contributed by atoms with van der Waals surface area (Å²) in [6, 6.07) is 8.61. The van der Waals surface area contributed by atoms with Gasteiger partial charge in [-0.05, 0) is 37.1 Å². The van der Waals surface area contributed by atoms with Crippen molar-refractivity contribution in [3.8, 4) is 11.5 Å². The number of ether oxygens (including phenoxy) is 1. The highest BCUT2D eigenvalue weighted by atomic mass is 32.1. The molecule has 11 heteroatoms. The molecule has 0 saturated carbocycles. The fourth-order valence-electron chi connectivity index (χ4n) is 3.57. The number of para-hydroxylation sites is 1. The van der Waals surface area contributed by atoms with E-state index in [0.29, 0.717) is 17.1 Å². The van der Waals surface area contributed by atoms with Crippen LogP contribution in [0.2, 0.25) is 0 Å². The first-order chi connectivity index (χ1) is 15.4. The summed E-state index contributed by atoms with van der Waals surface area (Å²) in [6.07, 6.45) is -1.76. The number of halogens is 3. The molecule has 1 aliphatic rings. The van der Waals surface area contributed by atoms with Gasteiger partial charge in [-0.3, -0.25) is 9.69 Å². The number of nitrogens with zero attached hydrogens (tertiary/aromatic N) is 3. The number of fused-ring (bicyclic) bond motifs is 1. The van der Waals surface area contributed by atoms with Crippen LogP contribution in [0.4, 0.5) is 18.3 Å². The highest BCUT2D eigenvalue weighted by molar-refractivity contribution is 7.22. The Morgan fingerprint density at radius 2 is 2.09 bits per heavy atom. The van der Waals surface area contributed by atoms with Crippen molar-refractivity contribution in [3.05, 3.63) is 53.9 Å². The summed E-state index contributed by atoms with van der Waals surface area (Å²) in [4.78, 5) is 18.8. The number of furan rings is 1. The SMILES string of the molecule is O=C(c1cc(-c2ccco2)on1)N(C[C@H]1CCCO1)c1nc2c(C(F)(F)F)cccc2s1. The highest BCUT2D eigenvalue weighted by Gasteiger charge is 2.35. The molecule has 166 valence electrons. The van der Waals surface area contributed by atoms with E-state index >= 15 is 0 Å². The Morgan fingerprint density at radius 1 is 1.22 bits per heavy atom. The van der Waals surface area contributed by atoms with E-state index in [1.54, 1.807) is 18.2 Å². The number of amides is 1. The van der Waals surface area contributed by atoms with Crippen LogP contribution in [0.25, 0.3) is 21.7 Å². The number of hydrogen-bond acceptors (Lipinski definition) is 7. The van der Waals surface area contributed by atoms with Gasteiger partial charge in [-0.15, -0.1) is 0 Å². The van der Waals surface area contributed by atoms with Crippen LogP contribution in [-0.2, 0) is 10.9 Å². The Bertz CT molecular complexity index is 1240. The average Bonchev–Trinajstić information content (AvgIpc) is 3.55. The molecule has 7 nitrogen and oxygen atoms in total. The summed E-state index contributed by atoms with van der Waals surface area (Å²) >= 11 is 1.01. The van der Waals surface area contributed by atoms with Crippen molar-refractivity contribution in [2.75, 3.05) is 18.1 Å². The second-order valence-corrected chi connectivity index (χ2v) is 8.26. The maximum absolute atomic E-state index is 13.4. The number of thiazole rings is 1. The number of anilines is 1. The van der Waals surface area contributed by atoms with Crippen LogP contribution in [0.5, 0.6) is 0 Å². The zero-order valence-corrected chi connectivity index (χ0v) is 17.3. The second-order valence-electron chi connectivity index (χ2n) is 7.25. The number of rotatable bonds is 5.